The number of H-pyrrole nitrogens is 1. The zero-order chi connectivity index (χ0) is 24.6. The molecule has 2 aliphatic heterocycles. The highest BCUT2D eigenvalue weighted by Gasteiger charge is 2.43. The minimum absolute atomic E-state index is 0.204. The van der Waals surface area contributed by atoms with Crippen LogP contribution in [-0.4, -0.2) is 36.4 Å². The number of anilines is 1. The molecule has 4 aromatic rings. The van der Waals surface area contributed by atoms with Crippen molar-refractivity contribution in [1.29, 1.82) is 0 Å². The van der Waals surface area contributed by atoms with Gasteiger partial charge in [-0.1, -0.05) is 24.3 Å². The molecule has 2 aliphatic rings. The van der Waals surface area contributed by atoms with Gasteiger partial charge in [0.05, 0.1) is 32.1 Å². The van der Waals surface area contributed by atoms with E-state index in [-0.39, 0.29) is 11.7 Å². The highest BCUT2D eigenvalue weighted by molar-refractivity contribution is 6.11. The van der Waals surface area contributed by atoms with E-state index in [1.165, 1.54) is 12.1 Å². The predicted octanol–water partition coefficient (Wildman–Crippen LogP) is 5.41. The molecule has 7 nitrogen and oxygen atoms in total. The van der Waals surface area contributed by atoms with Gasteiger partial charge in [-0.3, -0.25) is 14.8 Å². The molecule has 1 saturated heterocycles. The molecular weight excluding hydrogens is 461 g/mol. The fourth-order valence-corrected chi connectivity index (χ4v) is 4.82. The number of hydrogen-bond acceptors (Lipinski definition) is 5. The quantitative estimate of drug-likeness (QED) is 0.409. The monoisotopic (exact) mass is 485 g/mol. The van der Waals surface area contributed by atoms with Crippen LogP contribution in [0.4, 0.5) is 10.1 Å². The maximum absolute atomic E-state index is 13.8. The highest BCUT2D eigenvalue weighted by atomic mass is 19.1. The Bertz CT molecular complexity index is 1380. The van der Waals surface area contributed by atoms with Crippen LogP contribution in [0.5, 0.6) is 5.75 Å². The van der Waals surface area contributed by atoms with E-state index in [2.05, 4.69) is 10.2 Å². The number of rotatable bonds is 5. The van der Waals surface area contributed by atoms with Gasteiger partial charge >= 0.3 is 0 Å². The summed E-state index contributed by atoms with van der Waals surface area (Å²) in [6.07, 6.45) is 0.465. The molecule has 6 rings (SSSR count). The SMILES string of the molecule is COc1ccc(-c2n[nH]c3c2C(c2ccc(F)cc2)N(c2ccc(C4OCCCO4)cc2)C3=O)cc1. The summed E-state index contributed by atoms with van der Waals surface area (Å²) in [5.74, 6) is 0.184. The predicted molar refractivity (Wildman–Crippen MR) is 131 cm³/mol. The van der Waals surface area contributed by atoms with Crippen molar-refractivity contribution in [3.63, 3.8) is 0 Å². The van der Waals surface area contributed by atoms with Crippen LogP contribution >= 0.6 is 0 Å². The first-order chi connectivity index (χ1) is 17.6. The molecule has 3 heterocycles. The Hall–Kier alpha value is -4.01. The fourth-order valence-electron chi connectivity index (χ4n) is 4.82. The van der Waals surface area contributed by atoms with Crippen molar-refractivity contribution in [2.75, 3.05) is 25.2 Å². The van der Waals surface area contributed by atoms with Crippen molar-refractivity contribution in [3.05, 3.63) is 101 Å². The summed E-state index contributed by atoms with van der Waals surface area (Å²) in [5.41, 5.74) is 5.05. The summed E-state index contributed by atoms with van der Waals surface area (Å²) in [4.78, 5) is 15.4. The van der Waals surface area contributed by atoms with E-state index in [0.29, 0.717) is 30.3 Å². The molecule has 3 aromatic carbocycles. The number of nitrogens with one attached hydrogen (secondary N) is 1. The number of aromatic amines is 1. The number of carbonyl (C=O) groups is 1. The number of fused-ring (bicyclic) bond motifs is 1. The second kappa shape index (κ2) is 9.22. The summed E-state index contributed by atoms with van der Waals surface area (Å²) < 4.78 is 30.5. The molecule has 8 heteroatoms. The molecule has 1 unspecified atom stereocenters. The first-order valence-corrected chi connectivity index (χ1v) is 11.8. The van der Waals surface area contributed by atoms with Gasteiger partial charge in [-0.15, -0.1) is 0 Å². The normalized spacial score (nSPS) is 17.9. The zero-order valence-corrected chi connectivity index (χ0v) is 19.6. The van der Waals surface area contributed by atoms with Crippen LogP contribution in [0, 0.1) is 5.82 Å². The Labute approximate surface area is 207 Å². The van der Waals surface area contributed by atoms with Crippen molar-refractivity contribution < 1.29 is 23.4 Å². The molecule has 1 fully saturated rings. The van der Waals surface area contributed by atoms with E-state index in [1.54, 1.807) is 24.1 Å². The first kappa shape index (κ1) is 22.5. The first-order valence-electron chi connectivity index (χ1n) is 11.8. The van der Waals surface area contributed by atoms with E-state index >= 15 is 0 Å². The maximum Gasteiger partial charge on any atom is 0.277 e. The number of nitrogens with zero attached hydrogens (tertiary/aromatic N) is 2. The second-order valence-corrected chi connectivity index (χ2v) is 8.74. The van der Waals surface area contributed by atoms with Crippen LogP contribution in [0.15, 0.2) is 72.8 Å². The molecule has 182 valence electrons. The van der Waals surface area contributed by atoms with E-state index in [1.807, 2.05) is 48.5 Å². The maximum atomic E-state index is 13.8. The lowest BCUT2D eigenvalue weighted by Crippen LogP contribution is -2.29. The number of carbonyl (C=O) groups excluding carboxylic acids is 1. The van der Waals surface area contributed by atoms with Crippen molar-refractivity contribution in [3.8, 4) is 17.0 Å². The molecule has 0 aliphatic carbocycles. The van der Waals surface area contributed by atoms with E-state index in [9.17, 15) is 9.18 Å². The van der Waals surface area contributed by atoms with Crippen LogP contribution in [0.3, 0.4) is 0 Å². The van der Waals surface area contributed by atoms with Crippen LogP contribution in [0.1, 0.15) is 45.9 Å². The van der Waals surface area contributed by atoms with Gasteiger partial charge in [0.15, 0.2) is 6.29 Å². The summed E-state index contributed by atoms with van der Waals surface area (Å²) in [5, 5.41) is 7.44. The standard InChI is InChI=1S/C28H24FN3O4/c1-34-22-13-7-17(8-14-22)24-23-25(31-30-24)27(33)32(26(23)18-3-9-20(29)10-4-18)21-11-5-19(6-12-21)28-35-15-2-16-36-28/h3-14,26,28H,2,15-16H2,1H3,(H,30,31). The van der Waals surface area contributed by atoms with Crippen molar-refractivity contribution in [1.82, 2.24) is 10.2 Å². The Balaban J connectivity index is 1.43. The highest BCUT2D eigenvalue weighted by Crippen LogP contribution is 2.45. The lowest BCUT2D eigenvalue weighted by molar-refractivity contribution is -0.183. The molecule has 1 N–H and O–H groups in total. The van der Waals surface area contributed by atoms with Gasteiger partial charge in [0.25, 0.3) is 5.91 Å². The van der Waals surface area contributed by atoms with Crippen molar-refractivity contribution >= 4 is 11.6 Å². The van der Waals surface area contributed by atoms with Gasteiger partial charge in [0.1, 0.15) is 17.3 Å². The smallest absolute Gasteiger partial charge is 0.277 e. The molecule has 0 bridgehead atoms. The third-order valence-corrected chi connectivity index (χ3v) is 6.59. The van der Waals surface area contributed by atoms with Gasteiger partial charge < -0.3 is 14.2 Å². The summed E-state index contributed by atoms with van der Waals surface area (Å²) in [6, 6.07) is 20.9. The summed E-state index contributed by atoms with van der Waals surface area (Å²) in [7, 11) is 1.61. The Kier molecular flexibility index (Phi) is 5.75. The zero-order valence-electron chi connectivity index (χ0n) is 19.6. The Morgan fingerprint density at radius 2 is 1.61 bits per heavy atom. The van der Waals surface area contributed by atoms with E-state index < -0.39 is 12.3 Å². The number of ether oxygens (including phenoxy) is 3. The molecule has 0 radical (unpaired) electrons. The molecule has 0 saturated carbocycles. The average Bonchev–Trinajstić information content (AvgIpc) is 3.49. The van der Waals surface area contributed by atoms with E-state index in [4.69, 9.17) is 14.2 Å². The Morgan fingerprint density at radius 3 is 2.28 bits per heavy atom. The Morgan fingerprint density at radius 1 is 0.944 bits per heavy atom. The van der Waals surface area contributed by atoms with Gasteiger partial charge in [0.2, 0.25) is 0 Å². The van der Waals surface area contributed by atoms with Crippen LogP contribution < -0.4 is 9.64 Å². The molecule has 1 aromatic heterocycles. The van der Waals surface area contributed by atoms with Gasteiger partial charge in [-0.05, 0) is 60.5 Å². The number of hydrogen-bond donors (Lipinski definition) is 1. The molecule has 0 spiro atoms. The number of methoxy groups -OCH3 is 1. The van der Waals surface area contributed by atoms with Crippen LogP contribution in [-0.2, 0) is 9.47 Å². The van der Waals surface area contributed by atoms with Crippen molar-refractivity contribution in [2.24, 2.45) is 0 Å². The summed E-state index contributed by atoms with van der Waals surface area (Å²) in [6.45, 7) is 1.30. The molecule has 1 atom stereocenters. The third-order valence-electron chi connectivity index (χ3n) is 6.59. The molecule has 1 amide bonds. The number of halogens is 1. The lowest BCUT2D eigenvalue weighted by atomic mass is 9.95. The fraction of sp³-hybridized carbons (Fsp3) is 0.214. The van der Waals surface area contributed by atoms with Gasteiger partial charge in [-0.25, -0.2) is 4.39 Å². The van der Waals surface area contributed by atoms with Crippen LogP contribution in [0.2, 0.25) is 0 Å². The topological polar surface area (TPSA) is 76.7 Å². The average molecular weight is 486 g/mol. The van der Waals surface area contributed by atoms with Gasteiger partial charge in [-0.2, -0.15) is 5.10 Å². The number of aromatic nitrogens is 2. The lowest BCUT2D eigenvalue weighted by Gasteiger charge is -2.28. The number of benzene rings is 3. The minimum atomic E-state index is -0.489. The van der Waals surface area contributed by atoms with Crippen molar-refractivity contribution in [2.45, 2.75) is 18.8 Å². The second-order valence-electron chi connectivity index (χ2n) is 8.74. The summed E-state index contributed by atoms with van der Waals surface area (Å²) >= 11 is 0. The third kappa shape index (κ3) is 3.84. The largest absolute Gasteiger partial charge is 0.497 e. The molecule has 36 heavy (non-hydrogen) atoms. The number of amides is 1. The van der Waals surface area contributed by atoms with Crippen LogP contribution in [0.25, 0.3) is 11.3 Å². The van der Waals surface area contributed by atoms with E-state index in [0.717, 1.165) is 34.4 Å². The minimum Gasteiger partial charge on any atom is -0.497 e. The molecular formula is C28H24FN3O4. The van der Waals surface area contributed by atoms with Gasteiger partial charge in [0, 0.05) is 22.4 Å².